The Morgan fingerprint density at radius 1 is 1.27 bits per heavy atom. The van der Waals surface area contributed by atoms with Gasteiger partial charge in [-0.3, -0.25) is 9.59 Å². The number of carbonyl (C=O) groups excluding carboxylic acids is 2. The zero-order chi connectivity index (χ0) is 18.1. The highest BCUT2D eigenvalue weighted by Crippen LogP contribution is 2.30. The zero-order valence-electron chi connectivity index (χ0n) is 15.1. The Morgan fingerprint density at radius 3 is 2.88 bits per heavy atom. The van der Waals surface area contributed by atoms with Crippen molar-refractivity contribution in [1.29, 1.82) is 0 Å². The number of pyridine rings is 1. The lowest BCUT2D eigenvalue weighted by Gasteiger charge is -2.37. The Hall–Kier alpha value is -2.44. The lowest BCUT2D eigenvalue weighted by molar-refractivity contribution is -0.128. The Labute approximate surface area is 152 Å². The molecule has 7 nitrogen and oxygen atoms in total. The fourth-order valence-electron chi connectivity index (χ4n) is 4.29. The molecule has 2 amide bonds. The molecule has 2 aliphatic rings. The average Bonchev–Trinajstić information content (AvgIpc) is 3.05. The largest absolute Gasteiger partial charge is 0.353 e. The van der Waals surface area contributed by atoms with Crippen LogP contribution in [0.4, 0.5) is 0 Å². The summed E-state index contributed by atoms with van der Waals surface area (Å²) in [6.45, 7) is 1.04. The Balaban J connectivity index is 1.62. The van der Waals surface area contributed by atoms with Gasteiger partial charge >= 0.3 is 0 Å². The van der Waals surface area contributed by atoms with Crippen molar-refractivity contribution in [3.8, 4) is 0 Å². The summed E-state index contributed by atoms with van der Waals surface area (Å²) < 4.78 is 1.80. The van der Waals surface area contributed by atoms with Gasteiger partial charge in [0.2, 0.25) is 5.91 Å². The van der Waals surface area contributed by atoms with E-state index in [9.17, 15) is 9.59 Å². The van der Waals surface area contributed by atoms with Gasteiger partial charge in [0.25, 0.3) is 5.91 Å². The number of hydrogen-bond donors (Lipinski definition) is 1. The van der Waals surface area contributed by atoms with Gasteiger partial charge in [0.1, 0.15) is 11.6 Å². The average molecular weight is 355 g/mol. The number of imidazole rings is 1. The van der Waals surface area contributed by atoms with Crippen LogP contribution in [0.1, 0.15) is 48.9 Å². The van der Waals surface area contributed by atoms with Gasteiger partial charge in [0.05, 0.1) is 11.9 Å². The molecule has 0 spiro atoms. The normalized spacial score (nSPS) is 21.8. The number of hydrogen-bond acceptors (Lipinski definition) is 4. The van der Waals surface area contributed by atoms with Crippen LogP contribution in [0.25, 0.3) is 11.2 Å². The monoisotopic (exact) mass is 355 g/mol. The molecule has 2 fully saturated rings. The highest BCUT2D eigenvalue weighted by molar-refractivity contribution is 6.05. The second-order valence-corrected chi connectivity index (χ2v) is 7.43. The first kappa shape index (κ1) is 17.0. The standard InChI is InChI=1S/C19H25N5O2/c1-23-12-22-16-14(7-8-20-17(16)23)19(26)24-10-9-21-18(25)15(24)11-13-5-3-2-4-6-13/h7-8,12-13,15H,2-6,9-11H2,1H3,(H,21,25)/t15-/m1/s1. The SMILES string of the molecule is Cn1cnc2c(C(=O)N3CCNC(=O)[C@H]3CC3CCCCC3)ccnc21. The van der Waals surface area contributed by atoms with Crippen LogP contribution in [0.15, 0.2) is 18.6 Å². The summed E-state index contributed by atoms with van der Waals surface area (Å²) in [5, 5.41) is 2.93. The number of nitrogens with one attached hydrogen (secondary N) is 1. The molecule has 2 aromatic heterocycles. The predicted octanol–water partition coefficient (Wildman–Crippen LogP) is 1.88. The molecule has 0 radical (unpaired) electrons. The first-order valence-electron chi connectivity index (χ1n) is 9.50. The Bertz CT molecular complexity index is 824. The molecular formula is C19H25N5O2. The quantitative estimate of drug-likeness (QED) is 0.912. The first-order valence-corrected chi connectivity index (χ1v) is 9.50. The third-order valence-corrected chi connectivity index (χ3v) is 5.70. The lowest BCUT2D eigenvalue weighted by Crippen LogP contribution is -2.57. The molecule has 1 saturated heterocycles. The lowest BCUT2D eigenvalue weighted by atomic mass is 9.84. The minimum atomic E-state index is -0.383. The minimum absolute atomic E-state index is 0.0264. The van der Waals surface area contributed by atoms with Crippen molar-refractivity contribution in [3.05, 3.63) is 24.2 Å². The summed E-state index contributed by atoms with van der Waals surface area (Å²) in [6, 6.07) is 1.33. The fourth-order valence-corrected chi connectivity index (χ4v) is 4.29. The second kappa shape index (κ2) is 7.05. The molecule has 1 saturated carbocycles. The van der Waals surface area contributed by atoms with Gasteiger partial charge in [-0.15, -0.1) is 0 Å². The van der Waals surface area contributed by atoms with Gasteiger partial charge in [-0.2, -0.15) is 0 Å². The maximum Gasteiger partial charge on any atom is 0.256 e. The van der Waals surface area contributed by atoms with Crippen LogP contribution in [0.5, 0.6) is 0 Å². The Morgan fingerprint density at radius 2 is 2.08 bits per heavy atom. The van der Waals surface area contributed by atoms with Gasteiger partial charge in [-0.1, -0.05) is 32.1 Å². The summed E-state index contributed by atoms with van der Waals surface area (Å²) in [6.07, 6.45) is 10.1. The molecule has 4 rings (SSSR count). The van der Waals surface area contributed by atoms with Gasteiger partial charge < -0.3 is 14.8 Å². The van der Waals surface area contributed by atoms with Crippen molar-refractivity contribution in [2.24, 2.45) is 13.0 Å². The molecule has 1 aliphatic carbocycles. The number of carbonyl (C=O) groups is 2. The molecule has 3 heterocycles. The number of aromatic nitrogens is 3. The van der Waals surface area contributed by atoms with Crippen LogP contribution >= 0.6 is 0 Å². The molecule has 1 atom stereocenters. The molecule has 7 heteroatoms. The molecule has 2 aromatic rings. The van der Waals surface area contributed by atoms with Crippen molar-refractivity contribution in [2.75, 3.05) is 13.1 Å². The molecular weight excluding hydrogens is 330 g/mol. The van der Waals surface area contributed by atoms with Crippen molar-refractivity contribution in [2.45, 2.75) is 44.6 Å². The Kier molecular flexibility index (Phi) is 4.61. The van der Waals surface area contributed by atoms with Crippen molar-refractivity contribution in [1.82, 2.24) is 24.8 Å². The number of piperazine rings is 1. The number of aryl methyl sites for hydroxylation is 1. The van der Waals surface area contributed by atoms with E-state index in [2.05, 4.69) is 15.3 Å². The van der Waals surface area contributed by atoms with Gasteiger partial charge in [0, 0.05) is 26.3 Å². The van der Waals surface area contributed by atoms with E-state index in [1.807, 2.05) is 7.05 Å². The summed E-state index contributed by atoms with van der Waals surface area (Å²) in [4.78, 5) is 36.2. The van der Waals surface area contributed by atoms with E-state index in [0.717, 1.165) is 19.3 Å². The van der Waals surface area contributed by atoms with E-state index in [0.29, 0.717) is 35.7 Å². The molecule has 0 aromatic carbocycles. The molecule has 26 heavy (non-hydrogen) atoms. The van der Waals surface area contributed by atoms with Crippen LogP contribution < -0.4 is 5.32 Å². The number of nitrogens with zero attached hydrogens (tertiary/aromatic N) is 4. The van der Waals surface area contributed by atoms with E-state index in [4.69, 9.17) is 0 Å². The van der Waals surface area contributed by atoms with Crippen LogP contribution in [0.3, 0.4) is 0 Å². The number of amides is 2. The molecule has 0 bridgehead atoms. The summed E-state index contributed by atoms with van der Waals surface area (Å²) in [7, 11) is 1.86. The highest BCUT2D eigenvalue weighted by atomic mass is 16.2. The van der Waals surface area contributed by atoms with Crippen molar-refractivity contribution >= 4 is 23.0 Å². The van der Waals surface area contributed by atoms with Crippen molar-refractivity contribution in [3.63, 3.8) is 0 Å². The van der Waals surface area contributed by atoms with Crippen LogP contribution in [0.2, 0.25) is 0 Å². The van der Waals surface area contributed by atoms with Crippen LogP contribution in [-0.4, -0.2) is 50.4 Å². The van der Waals surface area contributed by atoms with E-state index < -0.39 is 0 Å². The van der Waals surface area contributed by atoms with E-state index in [1.54, 1.807) is 28.1 Å². The van der Waals surface area contributed by atoms with E-state index in [-0.39, 0.29) is 17.9 Å². The zero-order valence-corrected chi connectivity index (χ0v) is 15.1. The number of rotatable bonds is 3. The van der Waals surface area contributed by atoms with E-state index >= 15 is 0 Å². The third kappa shape index (κ3) is 3.06. The smallest absolute Gasteiger partial charge is 0.256 e. The van der Waals surface area contributed by atoms with Crippen LogP contribution in [0, 0.1) is 5.92 Å². The molecule has 1 N–H and O–H groups in total. The summed E-state index contributed by atoms with van der Waals surface area (Å²) in [5.74, 6) is 0.383. The minimum Gasteiger partial charge on any atom is -0.353 e. The molecule has 1 aliphatic heterocycles. The van der Waals surface area contributed by atoms with Gasteiger partial charge in [-0.25, -0.2) is 9.97 Å². The number of fused-ring (bicyclic) bond motifs is 1. The van der Waals surface area contributed by atoms with E-state index in [1.165, 1.54) is 19.3 Å². The molecule has 0 unspecified atom stereocenters. The maximum absolute atomic E-state index is 13.3. The van der Waals surface area contributed by atoms with Gasteiger partial charge in [-0.05, 0) is 18.4 Å². The summed E-state index contributed by atoms with van der Waals surface area (Å²) in [5.41, 5.74) is 1.81. The van der Waals surface area contributed by atoms with Gasteiger partial charge in [0.15, 0.2) is 5.65 Å². The highest BCUT2D eigenvalue weighted by Gasteiger charge is 2.36. The van der Waals surface area contributed by atoms with Crippen molar-refractivity contribution < 1.29 is 9.59 Å². The topological polar surface area (TPSA) is 80.1 Å². The first-order chi connectivity index (χ1) is 12.6. The fraction of sp³-hybridized carbons (Fsp3) is 0.579. The second-order valence-electron chi connectivity index (χ2n) is 7.43. The molecule has 138 valence electrons. The summed E-state index contributed by atoms with van der Waals surface area (Å²) >= 11 is 0. The maximum atomic E-state index is 13.3. The third-order valence-electron chi connectivity index (χ3n) is 5.70. The van der Waals surface area contributed by atoms with Crippen LogP contribution in [-0.2, 0) is 11.8 Å². The predicted molar refractivity (Wildman–Crippen MR) is 97.5 cm³/mol.